The van der Waals surface area contributed by atoms with Crippen LogP contribution in [0.4, 0.5) is 24.5 Å². The summed E-state index contributed by atoms with van der Waals surface area (Å²) in [6.45, 7) is 4.10. The van der Waals surface area contributed by atoms with Gasteiger partial charge in [0.15, 0.2) is 0 Å². The predicted molar refractivity (Wildman–Crippen MR) is 99.1 cm³/mol. The van der Waals surface area contributed by atoms with E-state index in [0.29, 0.717) is 32.2 Å². The largest absolute Gasteiger partial charge is 0.450 e. The summed E-state index contributed by atoms with van der Waals surface area (Å²) in [5, 5.41) is 11.1. The number of piperazine rings is 1. The molecule has 0 aromatic heterocycles. The molecule has 29 heavy (non-hydrogen) atoms. The van der Waals surface area contributed by atoms with Crippen LogP contribution in [-0.2, 0) is 11.0 Å². The fourth-order valence-electron chi connectivity index (χ4n) is 3.05. The van der Waals surface area contributed by atoms with Crippen LogP contribution in [0.15, 0.2) is 42.5 Å². The number of carbonyl (C=O) groups is 1. The van der Waals surface area contributed by atoms with Crippen molar-refractivity contribution < 1.29 is 27.6 Å². The average Bonchev–Trinajstić information content (AvgIpc) is 2.68. The van der Waals surface area contributed by atoms with Crippen LogP contribution in [0.25, 0.3) is 0 Å². The maximum absolute atomic E-state index is 12.8. The molecule has 154 valence electrons. The maximum atomic E-state index is 12.8. The molecule has 1 aliphatic rings. The highest BCUT2D eigenvalue weighted by molar-refractivity contribution is 5.73. The van der Waals surface area contributed by atoms with Crippen LogP contribution in [0, 0.1) is 10.1 Å². The molecule has 0 aliphatic carbocycles. The van der Waals surface area contributed by atoms with Crippen molar-refractivity contribution in [3.8, 4) is 11.5 Å². The molecule has 1 heterocycles. The molecule has 0 radical (unpaired) electrons. The molecule has 2 aromatic carbocycles. The molecule has 1 fully saturated rings. The number of anilines is 1. The molecule has 0 bridgehead atoms. The molecule has 0 N–H and O–H groups in total. The van der Waals surface area contributed by atoms with Gasteiger partial charge in [-0.15, -0.1) is 0 Å². The van der Waals surface area contributed by atoms with Gasteiger partial charge < -0.3 is 14.5 Å². The van der Waals surface area contributed by atoms with Gasteiger partial charge in [0.1, 0.15) is 5.75 Å². The number of ether oxygens (including phenoxy) is 1. The summed E-state index contributed by atoms with van der Waals surface area (Å²) in [6.07, 6.45) is -4.68. The number of hydrogen-bond acceptors (Lipinski definition) is 5. The summed E-state index contributed by atoms with van der Waals surface area (Å²) in [5.74, 6) is 0.0244. The van der Waals surface area contributed by atoms with Crippen molar-refractivity contribution in [1.82, 2.24) is 4.90 Å². The topological polar surface area (TPSA) is 75.9 Å². The van der Waals surface area contributed by atoms with Gasteiger partial charge in [-0.2, -0.15) is 13.2 Å². The van der Waals surface area contributed by atoms with Gasteiger partial charge in [-0.25, -0.2) is 0 Å². The zero-order chi connectivity index (χ0) is 21.2. The Kier molecular flexibility index (Phi) is 5.62. The van der Waals surface area contributed by atoms with Gasteiger partial charge >= 0.3 is 11.9 Å². The monoisotopic (exact) mass is 409 g/mol. The van der Waals surface area contributed by atoms with E-state index < -0.39 is 22.4 Å². The van der Waals surface area contributed by atoms with Crippen molar-refractivity contribution in [1.29, 1.82) is 0 Å². The second kappa shape index (κ2) is 7.98. The number of hydrogen-bond donors (Lipinski definition) is 0. The Morgan fingerprint density at radius 3 is 2.21 bits per heavy atom. The third-order valence-corrected chi connectivity index (χ3v) is 4.64. The Bertz CT molecular complexity index is 908. The minimum atomic E-state index is -4.68. The molecular formula is C19H18F3N3O4. The number of nitro benzene ring substituents is 1. The molecular weight excluding hydrogens is 391 g/mol. The lowest BCUT2D eigenvalue weighted by molar-refractivity contribution is -0.385. The molecule has 2 aromatic rings. The van der Waals surface area contributed by atoms with Crippen molar-refractivity contribution in [2.24, 2.45) is 0 Å². The third-order valence-electron chi connectivity index (χ3n) is 4.64. The summed E-state index contributed by atoms with van der Waals surface area (Å²) in [7, 11) is 0. The summed E-state index contributed by atoms with van der Waals surface area (Å²) in [5.41, 5.74) is -0.983. The molecule has 0 saturated carbocycles. The van der Waals surface area contributed by atoms with E-state index in [1.165, 1.54) is 6.92 Å². The SMILES string of the molecule is CC(=O)N1CCN(c2ccc(Oc3ccc(C(F)(F)F)cc3[N+](=O)[O-])cc2)CC1. The Morgan fingerprint density at radius 1 is 1.07 bits per heavy atom. The van der Waals surface area contributed by atoms with Crippen LogP contribution in [-0.4, -0.2) is 41.9 Å². The van der Waals surface area contributed by atoms with Crippen molar-refractivity contribution in [3.05, 3.63) is 58.1 Å². The number of benzene rings is 2. The average molecular weight is 409 g/mol. The standard InChI is InChI=1S/C19H18F3N3O4/c1-13(26)23-8-10-24(11-9-23)15-3-5-16(6-4-15)29-18-7-2-14(19(20,21)22)12-17(18)25(27)28/h2-7,12H,8-11H2,1H3. The zero-order valence-corrected chi connectivity index (χ0v) is 15.5. The van der Waals surface area contributed by atoms with E-state index in [4.69, 9.17) is 4.74 Å². The third kappa shape index (κ3) is 4.76. The molecule has 1 amide bonds. The minimum absolute atomic E-state index is 0.0338. The van der Waals surface area contributed by atoms with Crippen LogP contribution in [0.3, 0.4) is 0 Å². The fraction of sp³-hybridized carbons (Fsp3) is 0.316. The first-order valence-electron chi connectivity index (χ1n) is 8.79. The molecule has 0 unspecified atom stereocenters. The van der Waals surface area contributed by atoms with Crippen LogP contribution in [0.1, 0.15) is 12.5 Å². The van der Waals surface area contributed by atoms with Gasteiger partial charge in [-0.1, -0.05) is 0 Å². The van der Waals surface area contributed by atoms with Gasteiger partial charge in [0.25, 0.3) is 0 Å². The first-order valence-corrected chi connectivity index (χ1v) is 8.79. The molecule has 7 nitrogen and oxygen atoms in total. The number of nitro groups is 1. The van der Waals surface area contributed by atoms with E-state index in [1.807, 2.05) is 0 Å². The lowest BCUT2D eigenvalue weighted by atomic mass is 10.2. The molecule has 0 spiro atoms. The lowest BCUT2D eigenvalue weighted by Crippen LogP contribution is -2.48. The van der Waals surface area contributed by atoms with E-state index in [1.54, 1.807) is 29.2 Å². The van der Waals surface area contributed by atoms with Crippen LogP contribution >= 0.6 is 0 Å². The summed E-state index contributed by atoms with van der Waals surface area (Å²) in [4.78, 5) is 25.5. The number of alkyl halides is 3. The van der Waals surface area contributed by atoms with Gasteiger partial charge in [0, 0.05) is 44.9 Å². The quantitative estimate of drug-likeness (QED) is 0.562. The molecule has 10 heteroatoms. The van der Waals surface area contributed by atoms with Crippen LogP contribution < -0.4 is 9.64 Å². The highest BCUT2D eigenvalue weighted by Crippen LogP contribution is 2.38. The van der Waals surface area contributed by atoms with E-state index in [0.717, 1.165) is 17.8 Å². The second-order valence-electron chi connectivity index (χ2n) is 6.53. The lowest BCUT2D eigenvalue weighted by Gasteiger charge is -2.35. The van der Waals surface area contributed by atoms with Gasteiger partial charge in [-0.3, -0.25) is 14.9 Å². The Morgan fingerprint density at radius 2 is 1.69 bits per heavy atom. The number of nitrogens with zero attached hydrogens (tertiary/aromatic N) is 3. The van der Waals surface area contributed by atoms with E-state index in [-0.39, 0.29) is 17.4 Å². The predicted octanol–water partition coefficient (Wildman–Crippen LogP) is 4.07. The summed E-state index contributed by atoms with van der Waals surface area (Å²) < 4.78 is 43.8. The Labute approximate surface area is 164 Å². The van der Waals surface area contributed by atoms with Crippen molar-refractivity contribution in [2.45, 2.75) is 13.1 Å². The first kappa shape index (κ1) is 20.4. The van der Waals surface area contributed by atoms with E-state index in [2.05, 4.69) is 4.90 Å². The number of carbonyl (C=O) groups excluding carboxylic acids is 1. The highest BCUT2D eigenvalue weighted by Gasteiger charge is 2.33. The number of halogens is 3. The Hall–Kier alpha value is -3.30. The number of amides is 1. The molecule has 0 atom stereocenters. The second-order valence-corrected chi connectivity index (χ2v) is 6.53. The normalized spacial score (nSPS) is 14.6. The highest BCUT2D eigenvalue weighted by atomic mass is 19.4. The van der Waals surface area contributed by atoms with Crippen molar-refractivity contribution in [2.75, 3.05) is 31.1 Å². The zero-order valence-electron chi connectivity index (χ0n) is 15.5. The maximum Gasteiger partial charge on any atom is 0.416 e. The summed E-state index contributed by atoms with van der Waals surface area (Å²) in [6, 6.07) is 8.84. The fourth-order valence-corrected chi connectivity index (χ4v) is 3.05. The van der Waals surface area contributed by atoms with Crippen molar-refractivity contribution >= 4 is 17.3 Å². The minimum Gasteiger partial charge on any atom is -0.450 e. The Balaban J connectivity index is 1.73. The van der Waals surface area contributed by atoms with E-state index in [9.17, 15) is 28.1 Å². The number of rotatable bonds is 4. The van der Waals surface area contributed by atoms with Gasteiger partial charge in [-0.05, 0) is 36.4 Å². The van der Waals surface area contributed by atoms with Crippen LogP contribution in [0.2, 0.25) is 0 Å². The molecule has 1 saturated heterocycles. The molecule has 3 rings (SSSR count). The first-order chi connectivity index (χ1) is 13.6. The smallest absolute Gasteiger partial charge is 0.416 e. The molecule has 1 aliphatic heterocycles. The van der Waals surface area contributed by atoms with Gasteiger partial charge in [0.2, 0.25) is 11.7 Å². The van der Waals surface area contributed by atoms with Crippen molar-refractivity contribution in [3.63, 3.8) is 0 Å². The summed E-state index contributed by atoms with van der Waals surface area (Å²) >= 11 is 0. The van der Waals surface area contributed by atoms with Gasteiger partial charge in [0.05, 0.1) is 10.5 Å². The van der Waals surface area contributed by atoms with Crippen LogP contribution in [0.5, 0.6) is 11.5 Å². The van der Waals surface area contributed by atoms with E-state index >= 15 is 0 Å².